The number of halogens is 1. The highest BCUT2D eigenvalue weighted by Gasteiger charge is 2.07. The molecule has 1 aromatic carbocycles. The maximum absolute atomic E-state index is 6.09. The summed E-state index contributed by atoms with van der Waals surface area (Å²) in [5, 5.41) is 0.686. The Hall–Kier alpha value is -0.950. The second-order valence-corrected chi connectivity index (χ2v) is 4.32. The van der Waals surface area contributed by atoms with E-state index in [0.29, 0.717) is 10.9 Å². The Kier molecular flexibility index (Phi) is 5.41. The molecule has 0 amide bonds. The first kappa shape index (κ1) is 13.1. The van der Waals surface area contributed by atoms with Gasteiger partial charge in [0.05, 0.1) is 12.1 Å². The summed E-state index contributed by atoms with van der Waals surface area (Å²) in [6.45, 7) is 4.35. The first-order valence-corrected chi connectivity index (χ1v) is 6.05. The van der Waals surface area contributed by atoms with Crippen molar-refractivity contribution in [1.82, 2.24) is 0 Å². The molecule has 0 bridgehead atoms. The monoisotopic (exact) mass is 238 g/mol. The molecule has 1 rings (SSSR count). The second kappa shape index (κ2) is 6.59. The van der Waals surface area contributed by atoms with E-state index < -0.39 is 0 Å². The lowest BCUT2D eigenvalue weighted by Gasteiger charge is -2.11. The SMILES string of the molecule is CC/C=C\CC(C)c1ccc(OC)c(Cl)c1. The Labute approximate surface area is 103 Å². The van der Waals surface area contributed by atoms with Crippen LogP contribution < -0.4 is 4.74 Å². The van der Waals surface area contributed by atoms with Crippen LogP contribution in [-0.2, 0) is 0 Å². The summed E-state index contributed by atoms with van der Waals surface area (Å²) in [5.41, 5.74) is 1.26. The fourth-order valence-corrected chi connectivity index (χ4v) is 1.86. The van der Waals surface area contributed by atoms with Crippen molar-refractivity contribution in [2.75, 3.05) is 7.11 Å². The van der Waals surface area contributed by atoms with Gasteiger partial charge in [-0.3, -0.25) is 0 Å². The van der Waals surface area contributed by atoms with Crippen molar-refractivity contribution in [2.45, 2.75) is 32.6 Å². The van der Waals surface area contributed by atoms with E-state index in [1.807, 2.05) is 12.1 Å². The third-order valence-corrected chi connectivity index (χ3v) is 2.93. The lowest BCUT2D eigenvalue weighted by atomic mass is 9.97. The standard InChI is InChI=1S/C14H19ClO/c1-4-5-6-7-11(2)12-8-9-14(16-3)13(15)10-12/h5-6,8-11H,4,7H2,1-3H3/b6-5-. The molecule has 0 saturated carbocycles. The fourth-order valence-electron chi connectivity index (χ4n) is 1.59. The van der Waals surface area contributed by atoms with Crippen molar-refractivity contribution in [1.29, 1.82) is 0 Å². The molecule has 1 aromatic rings. The van der Waals surface area contributed by atoms with Gasteiger partial charge in [-0.1, -0.05) is 43.7 Å². The fraction of sp³-hybridized carbons (Fsp3) is 0.429. The van der Waals surface area contributed by atoms with Crippen molar-refractivity contribution >= 4 is 11.6 Å². The van der Waals surface area contributed by atoms with Crippen LogP contribution in [0.5, 0.6) is 5.75 Å². The van der Waals surface area contributed by atoms with Crippen molar-refractivity contribution in [3.05, 3.63) is 40.9 Å². The van der Waals surface area contributed by atoms with Gasteiger partial charge >= 0.3 is 0 Å². The average molecular weight is 239 g/mol. The van der Waals surface area contributed by atoms with Gasteiger partial charge in [0.15, 0.2) is 0 Å². The van der Waals surface area contributed by atoms with Crippen molar-refractivity contribution < 1.29 is 4.74 Å². The zero-order valence-electron chi connectivity index (χ0n) is 10.2. The van der Waals surface area contributed by atoms with Gasteiger partial charge in [0.25, 0.3) is 0 Å². The molecule has 0 aliphatic heterocycles. The maximum atomic E-state index is 6.09. The summed E-state index contributed by atoms with van der Waals surface area (Å²) in [5.74, 6) is 1.23. The average Bonchev–Trinajstić information content (AvgIpc) is 2.29. The zero-order chi connectivity index (χ0) is 12.0. The van der Waals surface area contributed by atoms with Crippen LogP contribution in [0.2, 0.25) is 5.02 Å². The minimum atomic E-state index is 0.492. The van der Waals surface area contributed by atoms with Crippen LogP contribution in [-0.4, -0.2) is 7.11 Å². The molecule has 1 nitrogen and oxygen atoms in total. The number of methoxy groups -OCH3 is 1. The number of rotatable bonds is 5. The number of hydrogen-bond acceptors (Lipinski definition) is 1. The molecule has 88 valence electrons. The molecule has 1 atom stereocenters. The van der Waals surface area contributed by atoms with Crippen molar-refractivity contribution in [3.8, 4) is 5.75 Å². The van der Waals surface area contributed by atoms with Gasteiger partial charge in [-0.2, -0.15) is 0 Å². The van der Waals surface area contributed by atoms with E-state index in [1.54, 1.807) is 7.11 Å². The highest BCUT2D eigenvalue weighted by Crippen LogP contribution is 2.29. The van der Waals surface area contributed by atoms with E-state index in [-0.39, 0.29) is 0 Å². The molecular weight excluding hydrogens is 220 g/mol. The summed E-state index contributed by atoms with van der Waals surface area (Å²) in [6.07, 6.45) is 6.57. The lowest BCUT2D eigenvalue weighted by Crippen LogP contribution is -1.93. The van der Waals surface area contributed by atoms with Crippen LogP contribution in [0.3, 0.4) is 0 Å². The summed E-state index contributed by atoms with van der Waals surface area (Å²) in [7, 11) is 1.63. The molecule has 1 unspecified atom stereocenters. The molecule has 0 saturated heterocycles. The van der Waals surface area contributed by atoms with Gasteiger partial charge in [0, 0.05) is 0 Å². The molecule has 2 heteroatoms. The van der Waals surface area contributed by atoms with Crippen LogP contribution in [0.4, 0.5) is 0 Å². The lowest BCUT2D eigenvalue weighted by molar-refractivity contribution is 0.415. The third-order valence-electron chi connectivity index (χ3n) is 2.64. The zero-order valence-corrected chi connectivity index (χ0v) is 10.9. The molecule has 16 heavy (non-hydrogen) atoms. The first-order valence-electron chi connectivity index (χ1n) is 5.67. The molecule has 0 spiro atoms. The third kappa shape index (κ3) is 3.57. The largest absolute Gasteiger partial charge is 0.495 e. The molecular formula is C14H19ClO. The van der Waals surface area contributed by atoms with E-state index in [0.717, 1.165) is 18.6 Å². The van der Waals surface area contributed by atoms with Crippen LogP contribution >= 0.6 is 11.6 Å². The van der Waals surface area contributed by atoms with Gasteiger partial charge in [0.1, 0.15) is 5.75 Å². The minimum absolute atomic E-state index is 0.492. The quantitative estimate of drug-likeness (QED) is 0.669. The van der Waals surface area contributed by atoms with E-state index in [1.165, 1.54) is 5.56 Å². The Morgan fingerprint density at radius 1 is 1.38 bits per heavy atom. The summed E-state index contributed by atoms with van der Waals surface area (Å²) >= 11 is 6.09. The topological polar surface area (TPSA) is 9.23 Å². The van der Waals surface area contributed by atoms with Crippen molar-refractivity contribution in [3.63, 3.8) is 0 Å². The van der Waals surface area contributed by atoms with Crippen LogP contribution in [0.1, 0.15) is 38.2 Å². The normalized spacial score (nSPS) is 13.0. The Bertz CT molecular complexity index is 358. The van der Waals surface area contributed by atoms with E-state index in [2.05, 4.69) is 32.1 Å². The van der Waals surface area contributed by atoms with Crippen LogP contribution in [0.15, 0.2) is 30.4 Å². The molecule has 0 aromatic heterocycles. The Balaban J connectivity index is 2.72. The summed E-state index contributed by atoms with van der Waals surface area (Å²) in [4.78, 5) is 0. The molecule has 0 heterocycles. The number of benzene rings is 1. The predicted octanol–water partition coefficient (Wildman–Crippen LogP) is 4.81. The van der Waals surface area contributed by atoms with E-state index in [9.17, 15) is 0 Å². The summed E-state index contributed by atoms with van der Waals surface area (Å²) in [6, 6.07) is 6.00. The molecule has 0 N–H and O–H groups in total. The van der Waals surface area contributed by atoms with Crippen LogP contribution in [0, 0.1) is 0 Å². The summed E-state index contributed by atoms with van der Waals surface area (Å²) < 4.78 is 5.13. The molecule has 0 aliphatic carbocycles. The van der Waals surface area contributed by atoms with E-state index >= 15 is 0 Å². The number of hydrogen-bond donors (Lipinski definition) is 0. The van der Waals surface area contributed by atoms with Gasteiger partial charge in [-0.05, 0) is 36.5 Å². The maximum Gasteiger partial charge on any atom is 0.137 e. The van der Waals surface area contributed by atoms with Crippen LogP contribution in [0.25, 0.3) is 0 Å². The highest BCUT2D eigenvalue weighted by atomic mass is 35.5. The van der Waals surface area contributed by atoms with Gasteiger partial charge < -0.3 is 4.74 Å². The Morgan fingerprint density at radius 2 is 2.12 bits per heavy atom. The Morgan fingerprint density at radius 3 is 2.69 bits per heavy atom. The number of ether oxygens (including phenoxy) is 1. The highest BCUT2D eigenvalue weighted by molar-refractivity contribution is 6.32. The number of allylic oxidation sites excluding steroid dienone is 2. The molecule has 0 fully saturated rings. The van der Waals surface area contributed by atoms with E-state index in [4.69, 9.17) is 16.3 Å². The molecule has 0 aliphatic rings. The smallest absolute Gasteiger partial charge is 0.137 e. The van der Waals surface area contributed by atoms with Gasteiger partial charge in [0.2, 0.25) is 0 Å². The van der Waals surface area contributed by atoms with Crippen molar-refractivity contribution in [2.24, 2.45) is 0 Å². The second-order valence-electron chi connectivity index (χ2n) is 3.91. The predicted molar refractivity (Wildman–Crippen MR) is 70.5 cm³/mol. The van der Waals surface area contributed by atoms with Gasteiger partial charge in [-0.25, -0.2) is 0 Å². The first-order chi connectivity index (χ1) is 7.69. The molecule has 0 radical (unpaired) electrons. The van der Waals surface area contributed by atoms with Gasteiger partial charge in [-0.15, -0.1) is 0 Å². The minimum Gasteiger partial charge on any atom is -0.495 e.